The van der Waals surface area contributed by atoms with Gasteiger partial charge in [-0.3, -0.25) is 5.10 Å². The lowest BCUT2D eigenvalue weighted by Crippen LogP contribution is -1.82. The van der Waals surface area contributed by atoms with Gasteiger partial charge in [0.15, 0.2) is 0 Å². The van der Waals surface area contributed by atoms with Crippen molar-refractivity contribution < 1.29 is 0 Å². The largest absolute Gasteiger partial charge is 0.278 e. The van der Waals surface area contributed by atoms with E-state index >= 15 is 0 Å². The molecule has 1 N–H and O–H groups in total. The number of H-pyrrole nitrogens is 1. The summed E-state index contributed by atoms with van der Waals surface area (Å²) in [4.78, 5) is 0. The minimum absolute atomic E-state index is 0.758. The Balaban J connectivity index is 1.83. The fourth-order valence-electron chi connectivity index (χ4n) is 2.70. The van der Waals surface area contributed by atoms with Crippen molar-refractivity contribution in [1.29, 1.82) is 0 Å². The molecule has 1 atom stereocenters. The third-order valence-corrected chi connectivity index (χ3v) is 3.95. The highest BCUT2D eigenvalue weighted by Crippen LogP contribution is 2.74. The van der Waals surface area contributed by atoms with Crippen LogP contribution in [0.25, 0.3) is 10.9 Å². The molecule has 1 aromatic heterocycles. The summed E-state index contributed by atoms with van der Waals surface area (Å²) >= 11 is 0. The number of aromatic nitrogens is 2. The predicted octanol–water partition coefficient (Wildman–Crippen LogP) is 2.83. The summed E-state index contributed by atoms with van der Waals surface area (Å²) in [6.45, 7) is 0. The lowest BCUT2D eigenvalue weighted by molar-refractivity contribution is 0.840. The van der Waals surface area contributed by atoms with E-state index in [0.29, 0.717) is 0 Å². The molecular formula is C12H12N2. The molecule has 2 saturated carbocycles. The number of aromatic amines is 1. The van der Waals surface area contributed by atoms with Crippen molar-refractivity contribution >= 4 is 10.9 Å². The molecule has 1 unspecified atom stereocenters. The molecule has 1 spiro atoms. The van der Waals surface area contributed by atoms with Crippen molar-refractivity contribution in [2.45, 2.75) is 25.2 Å². The number of benzene rings is 1. The van der Waals surface area contributed by atoms with Crippen LogP contribution >= 0.6 is 0 Å². The van der Waals surface area contributed by atoms with Gasteiger partial charge in [0.25, 0.3) is 0 Å². The number of nitrogens with zero attached hydrogens (tertiary/aromatic N) is 1. The molecule has 2 aromatic rings. The Morgan fingerprint density at radius 2 is 2.29 bits per heavy atom. The Labute approximate surface area is 82.3 Å². The quantitative estimate of drug-likeness (QED) is 0.725. The minimum Gasteiger partial charge on any atom is -0.278 e. The summed E-state index contributed by atoms with van der Waals surface area (Å²) in [5.74, 6) is 0.857. The van der Waals surface area contributed by atoms with Crippen LogP contribution in [-0.2, 0) is 0 Å². The lowest BCUT2D eigenvalue weighted by Gasteiger charge is -1.98. The fraction of sp³-hybridized carbons (Fsp3) is 0.417. The van der Waals surface area contributed by atoms with E-state index in [1.54, 1.807) is 0 Å². The summed E-state index contributed by atoms with van der Waals surface area (Å²) in [7, 11) is 0. The number of hydrogen-bond donors (Lipinski definition) is 1. The van der Waals surface area contributed by atoms with E-state index in [9.17, 15) is 0 Å². The second kappa shape index (κ2) is 2.02. The standard InChI is InChI=1S/C12H12N2/c1-2-9-7-13-14-11(9)5-8(1)10-6-12(10)3-4-12/h1-2,5,7,10H,3-4,6H2,(H,13,14). The Morgan fingerprint density at radius 1 is 1.36 bits per heavy atom. The van der Waals surface area contributed by atoms with Crippen LogP contribution in [0.3, 0.4) is 0 Å². The smallest absolute Gasteiger partial charge is 0.0653 e. The van der Waals surface area contributed by atoms with Crippen molar-refractivity contribution in [2.24, 2.45) is 5.41 Å². The molecule has 0 amide bonds. The maximum atomic E-state index is 4.05. The summed E-state index contributed by atoms with van der Waals surface area (Å²) in [6.07, 6.45) is 6.23. The SMILES string of the molecule is c1cc2cn[nH]c2cc1C1CC12CC2. The first-order chi connectivity index (χ1) is 6.87. The predicted molar refractivity (Wildman–Crippen MR) is 55.1 cm³/mol. The Kier molecular flexibility index (Phi) is 1.02. The van der Waals surface area contributed by atoms with Crippen LogP contribution in [0.5, 0.6) is 0 Å². The van der Waals surface area contributed by atoms with E-state index in [4.69, 9.17) is 0 Å². The first kappa shape index (κ1) is 7.04. The molecule has 2 heteroatoms. The minimum atomic E-state index is 0.758. The topological polar surface area (TPSA) is 28.7 Å². The fourth-order valence-corrected chi connectivity index (χ4v) is 2.70. The number of hydrogen-bond acceptors (Lipinski definition) is 1. The Bertz CT molecular complexity index is 508. The summed E-state index contributed by atoms with van der Waals surface area (Å²) < 4.78 is 0. The van der Waals surface area contributed by atoms with Crippen molar-refractivity contribution in [2.75, 3.05) is 0 Å². The normalized spacial score (nSPS) is 27.0. The van der Waals surface area contributed by atoms with Gasteiger partial charge in [-0.05, 0) is 42.2 Å². The maximum absolute atomic E-state index is 4.05. The molecule has 70 valence electrons. The van der Waals surface area contributed by atoms with E-state index in [2.05, 4.69) is 28.4 Å². The zero-order valence-corrected chi connectivity index (χ0v) is 7.96. The van der Waals surface area contributed by atoms with Gasteiger partial charge in [0.05, 0.1) is 11.7 Å². The van der Waals surface area contributed by atoms with Gasteiger partial charge in [0.1, 0.15) is 0 Å². The highest BCUT2D eigenvalue weighted by atomic mass is 15.1. The molecule has 14 heavy (non-hydrogen) atoms. The number of rotatable bonds is 1. The van der Waals surface area contributed by atoms with Crippen LogP contribution in [0, 0.1) is 5.41 Å². The molecule has 0 bridgehead atoms. The Morgan fingerprint density at radius 3 is 3.07 bits per heavy atom. The summed E-state index contributed by atoms with van der Waals surface area (Å²) in [6, 6.07) is 6.73. The highest BCUT2D eigenvalue weighted by Gasteiger charge is 2.62. The lowest BCUT2D eigenvalue weighted by atomic mass is 10.1. The van der Waals surface area contributed by atoms with Gasteiger partial charge in [-0.15, -0.1) is 0 Å². The number of nitrogens with one attached hydrogen (secondary N) is 1. The van der Waals surface area contributed by atoms with Crippen molar-refractivity contribution in [3.63, 3.8) is 0 Å². The third-order valence-electron chi connectivity index (χ3n) is 3.95. The molecule has 2 aliphatic carbocycles. The molecule has 0 saturated heterocycles. The van der Waals surface area contributed by atoms with Crippen LogP contribution in [0.2, 0.25) is 0 Å². The molecule has 2 aliphatic rings. The van der Waals surface area contributed by atoms with Gasteiger partial charge in [0, 0.05) is 5.39 Å². The molecule has 2 nitrogen and oxygen atoms in total. The van der Waals surface area contributed by atoms with Gasteiger partial charge in [-0.25, -0.2) is 0 Å². The summed E-state index contributed by atoms with van der Waals surface area (Å²) in [5.41, 5.74) is 3.46. The van der Waals surface area contributed by atoms with E-state index < -0.39 is 0 Å². The van der Waals surface area contributed by atoms with Gasteiger partial charge in [-0.2, -0.15) is 5.10 Å². The van der Waals surface area contributed by atoms with Gasteiger partial charge < -0.3 is 0 Å². The van der Waals surface area contributed by atoms with Gasteiger partial charge >= 0.3 is 0 Å². The van der Waals surface area contributed by atoms with Crippen LogP contribution in [0.1, 0.15) is 30.7 Å². The zero-order valence-electron chi connectivity index (χ0n) is 7.96. The second-order valence-corrected chi connectivity index (χ2v) is 4.84. The zero-order chi connectivity index (χ0) is 9.17. The highest BCUT2D eigenvalue weighted by molar-refractivity contribution is 5.78. The molecular weight excluding hydrogens is 172 g/mol. The first-order valence-corrected chi connectivity index (χ1v) is 5.30. The number of fused-ring (bicyclic) bond motifs is 1. The third kappa shape index (κ3) is 0.788. The Hall–Kier alpha value is -1.31. The van der Waals surface area contributed by atoms with Crippen LogP contribution in [0.4, 0.5) is 0 Å². The summed E-state index contributed by atoms with van der Waals surface area (Å²) in [5, 5.41) is 8.31. The molecule has 0 radical (unpaired) electrons. The van der Waals surface area contributed by atoms with Crippen molar-refractivity contribution in [1.82, 2.24) is 10.2 Å². The molecule has 4 rings (SSSR count). The van der Waals surface area contributed by atoms with E-state index in [0.717, 1.165) is 11.3 Å². The van der Waals surface area contributed by atoms with Gasteiger partial charge in [0.2, 0.25) is 0 Å². The average Bonchev–Trinajstić information content (AvgIpc) is 3.09. The molecule has 0 aliphatic heterocycles. The van der Waals surface area contributed by atoms with Crippen LogP contribution < -0.4 is 0 Å². The maximum Gasteiger partial charge on any atom is 0.0653 e. The van der Waals surface area contributed by atoms with E-state index in [-0.39, 0.29) is 0 Å². The van der Waals surface area contributed by atoms with Crippen LogP contribution in [-0.4, -0.2) is 10.2 Å². The molecule has 2 fully saturated rings. The first-order valence-electron chi connectivity index (χ1n) is 5.30. The molecule has 1 aromatic carbocycles. The van der Waals surface area contributed by atoms with Crippen molar-refractivity contribution in [3.05, 3.63) is 30.0 Å². The van der Waals surface area contributed by atoms with Crippen LogP contribution in [0.15, 0.2) is 24.4 Å². The van der Waals surface area contributed by atoms with Crippen molar-refractivity contribution in [3.8, 4) is 0 Å². The molecule has 1 heterocycles. The second-order valence-electron chi connectivity index (χ2n) is 4.84. The van der Waals surface area contributed by atoms with Gasteiger partial charge in [-0.1, -0.05) is 12.1 Å². The average molecular weight is 184 g/mol. The van der Waals surface area contributed by atoms with E-state index in [1.165, 1.54) is 35.7 Å². The monoisotopic (exact) mass is 184 g/mol. The van der Waals surface area contributed by atoms with E-state index in [1.807, 2.05) is 6.20 Å².